The minimum atomic E-state index is -1.18. The summed E-state index contributed by atoms with van der Waals surface area (Å²) in [7, 11) is 0. The van der Waals surface area contributed by atoms with Crippen molar-refractivity contribution < 1.29 is 9.90 Å². The highest BCUT2D eigenvalue weighted by molar-refractivity contribution is 5.95. The molecule has 8 nitrogen and oxygen atoms in total. The molecule has 0 spiro atoms. The molecule has 0 atom stereocenters. The Bertz CT molecular complexity index is 1060. The third-order valence-corrected chi connectivity index (χ3v) is 5.01. The zero-order valence-electron chi connectivity index (χ0n) is 16.3. The first-order valence-corrected chi connectivity index (χ1v) is 9.37. The fraction of sp³-hybridized carbons (Fsp3) is 0.238. The molecule has 4 N–H and O–H groups in total. The molecule has 4 rings (SSSR count). The fourth-order valence-electron chi connectivity index (χ4n) is 3.56. The van der Waals surface area contributed by atoms with Crippen molar-refractivity contribution in [3.05, 3.63) is 65.4 Å². The number of hydrogen-bond donors (Lipinski definition) is 3. The Hall–Kier alpha value is -3.68. The van der Waals surface area contributed by atoms with Crippen LogP contribution >= 0.6 is 0 Å². The third kappa shape index (κ3) is 3.56. The number of H-pyrrole nitrogens is 1. The number of carbonyl (C=O) groups is 1. The monoisotopic (exact) mass is 390 g/mol. The largest absolute Gasteiger partial charge is 0.477 e. The molecule has 1 aliphatic heterocycles. The first-order chi connectivity index (χ1) is 13.9. The van der Waals surface area contributed by atoms with Crippen LogP contribution in [-0.4, -0.2) is 31.2 Å². The molecule has 1 aromatic carbocycles. The summed E-state index contributed by atoms with van der Waals surface area (Å²) in [5, 5.41) is 16.2. The normalized spacial score (nSPS) is 14.1. The summed E-state index contributed by atoms with van der Waals surface area (Å²) in [6.07, 6.45) is 3.42. The Labute approximate surface area is 168 Å². The Morgan fingerprint density at radius 1 is 1.21 bits per heavy atom. The minimum absolute atomic E-state index is 0.158. The number of hydrogen-bond acceptors (Lipinski definition) is 6. The molecule has 0 unspecified atom stereocenters. The van der Waals surface area contributed by atoms with Gasteiger partial charge in [-0.15, -0.1) is 0 Å². The standard InChI is InChI=1S/C21H22N6O2/c1-12(2)18(19(22)21(28)29)20-25-16(15-8-23-24-9-15)7-17(26-20)27-10-13-5-3-4-6-14(13)11-27/h3-9,12H,10-11,22H2,1-2H3,(H,23,24)(H,28,29)/b19-18-. The maximum atomic E-state index is 11.6. The first kappa shape index (κ1) is 18.7. The molecular formula is C21H22N6O2. The molecule has 0 amide bonds. The van der Waals surface area contributed by atoms with Gasteiger partial charge in [0.25, 0.3) is 0 Å². The summed E-state index contributed by atoms with van der Waals surface area (Å²) in [5.74, 6) is -0.293. The molecular weight excluding hydrogens is 368 g/mol. The molecule has 0 radical (unpaired) electrons. The van der Waals surface area contributed by atoms with Crippen LogP contribution in [0, 0.1) is 5.92 Å². The van der Waals surface area contributed by atoms with Crippen LogP contribution in [0.15, 0.2) is 48.4 Å². The number of rotatable bonds is 5. The van der Waals surface area contributed by atoms with Gasteiger partial charge in [-0.05, 0) is 17.0 Å². The minimum Gasteiger partial charge on any atom is -0.477 e. The Morgan fingerprint density at radius 2 is 1.90 bits per heavy atom. The van der Waals surface area contributed by atoms with Crippen LogP contribution in [0.5, 0.6) is 0 Å². The lowest BCUT2D eigenvalue weighted by Gasteiger charge is -2.20. The predicted molar refractivity (Wildman–Crippen MR) is 110 cm³/mol. The average molecular weight is 390 g/mol. The zero-order chi connectivity index (χ0) is 20.5. The van der Waals surface area contributed by atoms with E-state index in [2.05, 4.69) is 32.2 Å². The van der Waals surface area contributed by atoms with E-state index in [4.69, 9.17) is 10.7 Å². The third-order valence-electron chi connectivity index (χ3n) is 5.01. The van der Waals surface area contributed by atoms with E-state index >= 15 is 0 Å². The van der Waals surface area contributed by atoms with E-state index in [-0.39, 0.29) is 11.6 Å². The fourth-order valence-corrected chi connectivity index (χ4v) is 3.56. The lowest BCUT2D eigenvalue weighted by molar-refractivity contribution is -0.132. The Morgan fingerprint density at radius 3 is 2.45 bits per heavy atom. The number of nitrogens with zero attached hydrogens (tertiary/aromatic N) is 4. The Balaban J connectivity index is 1.85. The van der Waals surface area contributed by atoms with Crippen molar-refractivity contribution in [1.82, 2.24) is 20.2 Å². The van der Waals surface area contributed by atoms with Crippen molar-refractivity contribution in [3.63, 3.8) is 0 Å². The number of anilines is 1. The van der Waals surface area contributed by atoms with Crippen molar-refractivity contribution in [2.24, 2.45) is 11.7 Å². The van der Waals surface area contributed by atoms with E-state index in [0.29, 0.717) is 17.1 Å². The lowest BCUT2D eigenvalue weighted by Crippen LogP contribution is -2.20. The molecule has 1 aliphatic rings. The number of carboxylic acids is 1. The molecule has 0 fully saturated rings. The number of carboxylic acid groups (broad SMARTS) is 1. The van der Waals surface area contributed by atoms with E-state index in [1.807, 2.05) is 32.0 Å². The summed E-state index contributed by atoms with van der Waals surface area (Å²) >= 11 is 0. The number of allylic oxidation sites excluding steroid dienone is 1. The van der Waals surface area contributed by atoms with Crippen molar-refractivity contribution in [2.45, 2.75) is 26.9 Å². The van der Waals surface area contributed by atoms with Gasteiger partial charge >= 0.3 is 5.97 Å². The second-order valence-corrected chi connectivity index (χ2v) is 7.33. The topological polar surface area (TPSA) is 121 Å². The van der Waals surface area contributed by atoms with Crippen LogP contribution in [0.4, 0.5) is 5.82 Å². The molecule has 0 bridgehead atoms. The van der Waals surface area contributed by atoms with Crippen LogP contribution in [-0.2, 0) is 17.9 Å². The molecule has 29 heavy (non-hydrogen) atoms. The van der Waals surface area contributed by atoms with Crippen LogP contribution in [0.25, 0.3) is 16.8 Å². The van der Waals surface area contributed by atoms with Crippen LogP contribution in [0.2, 0.25) is 0 Å². The first-order valence-electron chi connectivity index (χ1n) is 9.37. The summed E-state index contributed by atoms with van der Waals surface area (Å²) in [6.45, 7) is 5.22. The average Bonchev–Trinajstić information content (AvgIpc) is 3.37. The maximum absolute atomic E-state index is 11.6. The van der Waals surface area contributed by atoms with Crippen molar-refractivity contribution in [1.29, 1.82) is 0 Å². The van der Waals surface area contributed by atoms with Gasteiger partial charge in [0.1, 0.15) is 11.5 Å². The number of nitrogens with one attached hydrogen (secondary N) is 1. The summed E-state index contributed by atoms with van der Waals surface area (Å²) in [5.41, 5.74) is 10.0. The smallest absolute Gasteiger partial charge is 0.352 e. The molecule has 3 aromatic rings. The highest BCUT2D eigenvalue weighted by Crippen LogP contribution is 2.32. The number of fused-ring (bicyclic) bond motifs is 1. The maximum Gasteiger partial charge on any atom is 0.352 e. The van der Waals surface area contributed by atoms with Crippen LogP contribution in [0.1, 0.15) is 30.8 Å². The summed E-state index contributed by atoms with van der Waals surface area (Å²) in [6, 6.07) is 10.2. The lowest BCUT2D eigenvalue weighted by atomic mass is 9.99. The molecule has 0 saturated carbocycles. The Kier molecular flexibility index (Phi) is 4.75. The number of aromatic amines is 1. The van der Waals surface area contributed by atoms with Gasteiger partial charge in [-0.2, -0.15) is 5.10 Å². The summed E-state index contributed by atoms with van der Waals surface area (Å²) < 4.78 is 0. The van der Waals surface area contributed by atoms with E-state index in [9.17, 15) is 9.90 Å². The highest BCUT2D eigenvalue weighted by atomic mass is 16.4. The van der Waals surface area contributed by atoms with Crippen molar-refractivity contribution >= 4 is 17.4 Å². The molecule has 0 aliphatic carbocycles. The highest BCUT2D eigenvalue weighted by Gasteiger charge is 2.24. The number of nitrogens with two attached hydrogens (primary N) is 1. The van der Waals surface area contributed by atoms with E-state index in [0.717, 1.165) is 24.5 Å². The second-order valence-electron chi connectivity index (χ2n) is 7.33. The van der Waals surface area contributed by atoms with Gasteiger partial charge in [-0.3, -0.25) is 5.10 Å². The SMILES string of the molecule is CC(C)/C(=C(/N)C(=O)O)c1nc(-c2cn[nH]c2)cc(N2Cc3ccccc3C2)n1. The van der Waals surface area contributed by atoms with Crippen molar-refractivity contribution in [2.75, 3.05) is 4.90 Å². The number of aliphatic carboxylic acids is 1. The number of benzene rings is 1. The number of aromatic nitrogens is 4. The van der Waals surface area contributed by atoms with Gasteiger partial charge in [-0.25, -0.2) is 14.8 Å². The molecule has 148 valence electrons. The van der Waals surface area contributed by atoms with Crippen LogP contribution in [0.3, 0.4) is 0 Å². The van der Waals surface area contributed by atoms with E-state index in [1.54, 1.807) is 12.4 Å². The predicted octanol–water partition coefficient (Wildman–Crippen LogP) is 2.80. The van der Waals surface area contributed by atoms with E-state index in [1.165, 1.54) is 11.1 Å². The van der Waals surface area contributed by atoms with Gasteiger partial charge in [-0.1, -0.05) is 38.1 Å². The van der Waals surface area contributed by atoms with Gasteiger partial charge in [0.2, 0.25) is 0 Å². The molecule has 3 heterocycles. The zero-order valence-corrected chi connectivity index (χ0v) is 16.3. The van der Waals surface area contributed by atoms with Crippen LogP contribution < -0.4 is 10.6 Å². The quantitative estimate of drug-likeness (QED) is 0.573. The second kappa shape index (κ2) is 7.38. The van der Waals surface area contributed by atoms with Gasteiger partial charge in [0.05, 0.1) is 11.9 Å². The van der Waals surface area contributed by atoms with E-state index < -0.39 is 5.97 Å². The molecule has 0 saturated heterocycles. The summed E-state index contributed by atoms with van der Waals surface area (Å²) in [4.78, 5) is 23.0. The molecule has 8 heteroatoms. The van der Waals surface area contributed by atoms with Crippen molar-refractivity contribution in [3.8, 4) is 11.3 Å². The molecule has 2 aromatic heterocycles. The van der Waals surface area contributed by atoms with Gasteiger partial charge < -0.3 is 15.7 Å². The van der Waals surface area contributed by atoms with Gasteiger partial charge in [0, 0.05) is 36.5 Å². The van der Waals surface area contributed by atoms with Gasteiger partial charge in [0.15, 0.2) is 5.82 Å².